The van der Waals surface area contributed by atoms with E-state index in [1.807, 2.05) is 13.0 Å². The van der Waals surface area contributed by atoms with Gasteiger partial charge in [0.15, 0.2) is 0 Å². The molecule has 0 unspecified atom stereocenters. The van der Waals surface area contributed by atoms with Crippen molar-refractivity contribution in [2.75, 3.05) is 5.01 Å². The second-order valence-corrected chi connectivity index (χ2v) is 3.56. The molecule has 80 valence electrons. The first-order chi connectivity index (χ1) is 7.74. The monoisotopic (exact) mass is 213 g/mol. The minimum Gasteiger partial charge on any atom is -0.272 e. The van der Waals surface area contributed by atoms with Gasteiger partial charge in [-0.25, -0.2) is 5.01 Å². The Balaban J connectivity index is 2.28. The highest BCUT2D eigenvalue weighted by Crippen LogP contribution is 2.21. The van der Waals surface area contributed by atoms with E-state index in [-0.39, 0.29) is 5.91 Å². The Labute approximate surface area is 93.8 Å². The average molecular weight is 213 g/mol. The summed E-state index contributed by atoms with van der Waals surface area (Å²) in [7, 11) is 0. The second kappa shape index (κ2) is 4.15. The van der Waals surface area contributed by atoms with Gasteiger partial charge in [0.05, 0.1) is 23.7 Å². The fraction of sp³-hybridized carbons (Fsp3) is 0.250. The van der Waals surface area contributed by atoms with Crippen molar-refractivity contribution in [3.63, 3.8) is 0 Å². The van der Waals surface area contributed by atoms with Crippen molar-refractivity contribution < 1.29 is 4.79 Å². The number of amides is 1. The number of benzene rings is 1. The molecule has 0 bridgehead atoms. The van der Waals surface area contributed by atoms with Gasteiger partial charge >= 0.3 is 0 Å². The maximum absolute atomic E-state index is 11.6. The number of nitrogens with zero attached hydrogens (tertiary/aromatic N) is 3. The van der Waals surface area contributed by atoms with Crippen LogP contribution in [0.4, 0.5) is 5.69 Å². The summed E-state index contributed by atoms with van der Waals surface area (Å²) in [6.07, 6.45) is 1.19. The van der Waals surface area contributed by atoms with E-state index in [4.69, 9.17) is 5.26 Å². The lowest BCUT2D eigenvalue weighted by atomic mass is 10.2. The Kier molecular flexibility index (Phi) is 2.69. The van der Waals surface area contributed by atoms with Crippen LogP contribution >= 0.6 is 0 Å². The van der Waals surface area contributed by atoms with Gasteiger partial charge < -0.3 is 0 Å². The molecular formula is C12H11N3O. The highest BCUT2D eigenvalue weighted by molar-refractivity contribution is 6.12. The Bertz CT molecular complexity index is 482. The number of hydrogen-bond donors (Lipinski definition) is 0. The summed E-state index contributed by atoms with van der Waals surface area (Å²) < 4.78 is 0. The lowest BCUT2D eigenvalue weighted by molar-refractivity contribution is -0.116. The van der Waals surface area contributed by atoms with E-state index in [1.54, 1.807) is 24.3 Å². The first-order valence-electron chi connectivity index (χ1n) is 5.14. The molecule has 1 aliphatic rings. The molecular weight excluding hydrogens is 202 g/mol. The van der Waals surface area contributed by atoms with Crippen molar-refractivity contribution in [2.45, 2.75) is 19.8 Å². The Morgan fingerprint density at radius 1 is 1.44 bits per heavy atom. The van der Waals surface area contributed by atoms with Gasteiger partial charge in [-0.05, 0) is 30.7 Å². The predicted molar refractivity (Wildman–Crippen MR) is 61.0 cm³/mol. The molecule has 16 heavy (non-hydrogen) atoms. The van der Waals surface area contributed by atoms with Crippen molar-refractivity contribution in [2.24, 2.45) is 5.10 Å². The summed E-state index contributed by atoms with van der Waals surface area (Å²) in [6, 6.07) is 8.87. The van der Waals surface area contributed by atoms with Gasteiger partial charge in [0.1, 0.15) is 0 Å². The number of hydrogen-bond acceptors (Lipinski definition) is 3. The van der Waals surface area contributed by atoms with E-state index in [0.29, 0.717) is 17.7 Å². The normalized spacial score (nSPS) is 14.9. The van der Waals surface area contributed by atoms with E-state index in [0.717, 1.165) is 12.1 Å². The van der Waals surface area contributed by atoms with Crippen LogP contribution in [0.1, 0.15) is 25.3 Å². The van der Waals surface area contributed by atoms with Crippen LogP contribution in [0.2, 0.25) is 0 Å². The third kappa shape index (κ3) is 1.80. The number of carbonyl (C=O) groups excluding carboxylic acids is 1. The van der Waals surface area contributed by atoms with Gasteiger partial charge in [-0.15, -0.1) is 0 Å². The van der Waals surface area contributed by atoms with Gasteiger partial charge in [-0.3, -0.25) is 4.79 Å². The zero-order chi connectivity index (χ0) is 11.5. The van der Waals surface area contributed by atoms with Crippen molar-refractivity contribution in [3.05, 3.63) is 29.8 Å². The maximum atomic E-state index is 11.6. The smallest absolute Gasteiger partial charge is 0.253 e. The van der Waals surface area contributed by atoms with Crippen LogP contribution in [0.5, 0.6) is 0 Å². The molecule has 1 aromatic carbocycles. The zero-order valence-corrected chi connectivity index (χ0v) is 8.97. The summed E-state index contributed by atoms with van der Waals surface area (Å²) in [5, 5.41) is 14.3. The lowest BCUT2D eigenvalue weighted by Gasteiger charge is -2.10. The largest absolute Gasteiger partial charge is 0.272 e. The minimum absolute atomic E-state index is 0.0124. The number of carbonyl (C=O) groups is 1. The van der Waals surface area contributed by atoms with Crippen molar-refractivity contribution in [1.82, 2.24) is 0 Å². The van der Waals surface area contributed by atoms with Crippen molar-refractivity contribution >= 4 is 17.3 Å². The molecule has 4 heteroatoms. The molecule has 0 aliphatic carbocycles. The van der Waals surface area contributed by atoms with Crippen LogP contribution in [0.15, 0.2) is 29.4 Å². The zero-order valence-electron chi connectivity index (χ0n) is 8.97. The molecule has 0 aromatic heterocycles. The van der Waals surface area contributed by atoms with Crippen LogP contribution < -0.4 is 5.01 Å². The van der Waals surface area contributed by atoms with Crippen LogP contribution in [-0.4, -0.2) is 11.6 Å². The lowest BCUT2D eigenvalue weighted by Crippen LogP contribution is -2.19. The van der Waals surface area contributed by atoms with Crippen molar-refractivity contribution in [3.8, 4) is 6.07 Å². The Morgan fingerprint density at radius 3 is 2.62 bits per heavy atom. The first-order valence-corrected chi connectivity index (χ1v) is 5.14. The molecule has 1 aromatic rings. The van der Waals surface area contributed by atoms with E-state index < -0.39 is 0 Å². The molecule has 1 amide bonds. The van der Waals surface area contributed by atoms with Gasteiger partial charge in [-0.1, -0.05) is 6.92 Å². The third-order valence-electron chi connectivity index (χ3n) is 2.48. The predicted octanol–water partition coefficient (Wildman–Crippen LogP) is 2.06. The fourth-order valence-electron chi connectivity index (χ4n) is 1.56. The quantitative estimate of drug-likeness (QED) is 0.755. The Hall–Kier alpha value is -2.15. The fourth-order valence-corrected chi connectivity index (χ4v) is 1.56. The van der Waals surface area contributed by atoms with Crippen LogP contribution in [0.3, 0.4) is 0 Å². The van der Waals surface area contributed by atoms with E-state index >= 15 is 0 Å². The number of rotatable bonds is 2. The van der Waals surface area contributed by atoms with E-state index in [9.17, 15) is 4.79 Å². The molecule has 4 nitrogen and oxygen atoms in total. The van der Waals surface area contributed by atoms with E-state index in [1.165, 1.54) is 5.01 Å². The average Bonchev–Trinajstić information content (AvgIpc) is 2.71. The highest BCUT2D eigenvalue weighted by Gasteiger charge is 2.23. The van der Waals surface area contributed by atoms with Crippen molar-refractivity contribution in [1.29, 1.82) is 5.26 Å². The standard InChI is InChI=1S/C12H11N3O/c1-2-10-7-12(16)15(14-10)11-5-3-9(8-13)4-6-11/h3-6H,2,7H2,1H3. The minimum atomic E-state index is -0.0124. The molecule has 1 aliphatic heterocycles. The molecule has 2 rings (SSSR count). The molecule has 0 saturated carbocycles. The number of hydrazone groups is 1. The highest BCUT2D eigenvalue weighted by atomic mass is 16.2. The molecule has 0 radical (unpaired) electrons. The molecule has 0 atom stereocenters. The molecule has 0 fully saturated rings. The van der Waals surface area contributed by atoms with Gasteiger partial charge in [0.2, 0.25) is 0 Å². The molecule has 0 spiro atoms. The SMILES string of the molecule is CCC1=NN(c2ccc(C#N)cc2)C(=O)C1. The van der Waals surface area contributed by atoms with Crippen LogP contribution in [0.25, 0.3) is 0 Å². The van der Waals surface area contributed by atoms with Gasteiger partial charge in [-0.2, -0.15) is 10.4 Å². The molecule has 1 heterocycles. The summed E-state index contributed by atoms with van der Waals surface area (Å²) in [6.45, 7) is 1.98. The molecule has 0 saturated heterocycles. The summed E-state index contributed by atoms with van der Waals surface area (Å²) in [4.78, 5) is 11.6. The first kappa shape index (κ1) is 10.4. The second-order valence-electron chi connectivity index (χ2n) is 3.56. The van der Waals surface area contributed by atoms with Gasteiger partial charge in [0, 0.05) is 5.71 Å². The number of nitriles is 1. The number of anilines is 1. The third-order valence-corrected chi connectivity index (χ3v) is 2.48. The summed E-state index contributed by atoms with van der Waals surface area (Å²) in [5.41, 5.74) is 2.19. The maximum Gasteiger partial charge on any atom is 0.253 e. The van der Waals surface area contributed by atoms with Crippen LogP contribution in [0, 0.1) is 11.3 Å². The molecule has 0 N–H and O–H groups in total. The summed E-state index contributed by atoms with van der Waals surface area (Å²) in [5.74, 6) is -0.0124. The van der Waals surface area contributed by atoms with E-state index in [2.05, 4.69) is 5.10 Å². The van der Waals surface area contributed by atoms with Gasteiger partial charge in [0.25, 0.3) is 5.91 Å². The topological polar surface area (TPSA) is 56.5 Å². The Morgan fingerprint density at radius 2 is 2.12 bits per heavy atom. The van der Waals surface area contributed by atoms with Crippen LogP contribution in [-0.2, 0) is 4.79 Å². The summed E-state index contributed by atoms with van der Waals surface area (Å²) >= 11 is 0.